The van der Waals surface area contributed by atoms with Gasteiger partial charge in [0.15, 0.2) is 0 Å². The summed E-state index contributed by atoms with van der Waals surface area (Å²) in [6, 6.07) is 0. The molecule has 0 unspecified atom stereocenters. The van der Waals surface area contributed by atoms with E-state index >= 15 is 0 Å². The topological polar surface area (TPSA) is 96.1 Å². The maximum Gasteiger partial charge on any atom is 0.415 e. The van der Waals surface area contributed by atoms with Crippen LogP contribution in [0.5, 0.6) is 0 Å². The Morgan fingerprint density at radius 2 is 2.13 bits per heavy atom. The molecule has 0 aromatic rings. The molecule has 0 bridgehead atoms. The molecule has 1 rings (SSSR count). The Labute approximate surface area is 86.0 Å². The van der Waals surface area contributed by atoms with Gasteiger partial charge in [0, 0.05) is 25.1 Å². The summed E-state index contributed by atoms with van der Waals surface area (Å²) in [5, 5.41) is 8.67. The molecule has 0 saturated carbocycles. The highest BCUT2D eigenvalue weighted by molar-refractivity contribution is 5.79. The summed E-state index contributed by atoms with van der Waals surface area (Å²) in [6.45, 7) is 0.0354. The van der Waals surface area contributed by atoms with Crippen LogP contribution in [0.15, 0.2) is 24.7 Å². The molecule has 82 valence electrons. The van der Waals surface area contributed by atoms with E-state index < -0.39 is 6.09 Å². The van der Waals surface area contributed by atoms with Gasteiger partial charge in [-0.3, -0.25) is 14.5 Å². The Morgan fingerprint density at radius 1 is 1.40 bits per heavy atom. The summed E-state index contributed by atoms with van der Waals surface area (Å²) in [6.07, 6.45) is 4.40. The lowest BCUT2D eigenvalue weighted by atomic mass is 10.5. The third-order valence-corrected chi connectivity index (χ3v) is 1.72. The van der Waals surface area contributed by atoms with Crippen molar-refractivity contribution in [3.8, 4) is 0 Å². The molecule has 0 atom stereocenters. The van der Waals surface area contributed by atoms with Crippen molar-refractivity contribution in [3.05, 3.63) is 24.7 Å². The molecule has 3 N–H and O–H groups in total. The minimum absolute atomic E-state index is 0.245. The van der Waals surface area contributed by atoms with Crippen molar-refractivity contribution in [2.75, 3.05) is 13.2 Å². The number of nitrogens with two attached hydrogens (primary N) is 1. The molecule has 0 saturated heterocycles. The zero-order chi connectivity index (χ0) is 11.3. The first-order valence-electron chi connectivity index (χ1n) is 4.12. The number of nitrogens with zero attached hydrogens (tertiary/aromatic N) is 2. The Hall–Kier alpha value is -1.86. The van der Waals surface area contributed by atoms with Crippen LogP contribution in [0.25, 0.3) is 0 Å². The van der Waals surface area contributed by atoms with E-state index in [0.29, 0.717) is 0 Å². The summed E-state index contributed by atoms with van der Waals surface area (Å²) >= 11 is 0. The van der Waals surface area contributed by atoms with E-state index in [-0.39, 0.29) is 19.1 Å². The quantitative estimate of drug-likeness (QED) is 0.613. The number of carboxylic acid groups (broad SMARTS) is 1. The Balaban J connectivity index is 2.66. The lowest BCUT2D eigenvalue weighted by Crippen LogP contribution is -2.30. The average molecular weight is 213 g/mol. The molecular weight excluding hydrogens is 202 g/mol. The van der Waals surface area contributed by atoms with Crippen LogP contribution in [-0.2, 0) is 9.63 Å². The predicted molar refractivity (Wildman–Crippen MR) is 50.0 cm³/mol. The molecule has 7 nitrogen and oxygen atoms in total. The monoisotopic (exact) mass is 213 g/mol. The molecule has 0 aromatic heterocycles. The molecule has 7 heteroatoms. The zero-order valence-corrected chi connectivity index (χ0v) is 7.87. The van der Waals surface area contributed by atoms with Gasteiger partial charge in [-0.05, 0) is 6.08 Å². The molecule has 0 radical (unpaired) electrons. The highest BCUT2D eigenvalue weighted by Crippen LogP contribution is 2.02. The van der Waals surface area contributed by atoms with Gasteiger partial charge in [-0.15, -0.1) is 0 Å². The van der Waals surface area contributed by atoms with Gasteiger partial charge in [-0.25, -0.2) is 10.7 Å². The van der Waals surface area contributed by atoms with Gasteiger partial charge >= 0.3 is 6.09 Å². The molecule has 2 amide bonds. The van der Waals surface area contributed by atoms with Gasteiger partial charge in [-0.2, -0.15) is 0 Å². The van der Waals surface area contributed by atoms with Crippen LogP contribution in [0.4, 0.5) is 4.79 Å². The second kappa shape index (κ2) is 5.13. The first-order chi connectivity index (χ1) is 7.15. The van der Waals surface area contributed by atoms with Gasteiger partial charge in [0.05, 0.1) is 0 Å². The summed E-state index contributed by atoms with van der Waals surface area (Å²) in [5.41, 5.74) is 0. The molecule has 0 spiro atoms. The molecule has 1 heterocycles. The molecule has 15 heavy (non-hydrogen) atoms. The van der Waals surface area contributed by atoms with Gasteiger partial charge in [0.1, 0.15) is 6.61 Å². The van der Waals surface area contributed by atoms with Crippen LogP contribution in [-0.4, -0.2) is 40.1 Å². The Morgan fingerprint density at radius 3 is 2.73 bits per heavy atom. The summed E-state index contributed by atoms with van der Waals surface area (Å²) in [7, 11) is 0. The van der Waals surface area contributed by atoms with Gasteiger partial charge in [0.25, 0.3) is 5.91 Å². The summed E-state index contributed by atoms with van der Waals surface area (Å²) < 4.78 is 0. The zero-order valence-electron chi connectivity index (χ0n) is 7.87. The molecular formula is C8H11N3O4. The average Bonchev–Trinajstić information content (AvgIpc) is 2.43. The third kappa shape index (κ3) is 3.08. The second-order valence-electron chi connectivity index (χ2n) is 2.73. The normalized spacial score (nSPS) is 15.3. The maximum absolute atomic E-state index is 11.3. The fraction of sp³-hybridized carbons (Fsp3) is 0.250. The van der Waals surface area contributed by atoms with Crippen molar-refractivity contribution >= 4 is 12.0 Å². The maximum atomic E-state index is 11.3. The fourth-order valence-electron chi connectivity index (χ4n) is 1.00. The van der Waals surface area contributed by atoms with E-state index in [0.717, 1.165) is 4.90 Å². The van der Waals surface area contributed by atoms with Crippen LogP contribution >= 0.6 is 0 Å². The lowest BCUT2D eigenvalue weighted by molar-refractivity contribution is -0.133. The van der Waals surface area contributed by atoms with Gasteiger partial charge in [0.2, 0.25) is 0 Å². The first kappa shape index (κ1) is 11.2. The van der Waals surface area contributed by atoms with Gasteiger partial charge < -0.3 is 10.0 Å². The van der Waals surface area contributed by atoms with Crippen molar-refractivity contribution in [1.82, 2.24) is 9.80 Å². The van der Waals surface area contributed by atoms with Crippen molar-refractivity contribution in [2.24, 2.45) is 5.90 Å². The van der Waals surface area contributed by atoms with E-state index in [1.165, 1.54) is 23.5 Å². The van der Waals surface area contributed by atoms with Crippen LogP contribution in [0.3, 0.4) is 0 Å². The lowest BCUT2D eigenvalue weighted by Gasteiger charge is -2.14. The predicted octanol–water partition coefficient (Wildman–Crippen LogP) is -0.316. The number of carbonyl (C=O) groups is 2. The van der Waals surface area contributed by atoms with E-state index in [4.69, 9.17) is 11.0 Å². The fourth-order valence-corrected chi connectivity index (χ4v) is 1.00. The van der Waals surface area contributed by atoms with Crippen LogP contribution in [0.1, 0.15) is 0 Å². The van der Waals surface area contributed by atoms with Crippen LogP contribution in [0.2, 0.25) is 0 Å². The third-order valence-electron chi connectivity index (χ3n) is 1.72. The van der Waals surface area contributed by atoms with E-state index in [1.807, 2.05) is 0 Å². The molecule has 0 fully saturated rings. The van der Waals surface area contributed by atoms with Gasteiger partial charge in [-0.1, -0.05) is 0 Å². The van der Waals surface area contributed by atoms with Crippen LogP contribution < -0.4 is 5.90 Å². The molecule has 1 aliphatic heterocycles. The highest BCUT2D eigenvalue weighted by atomic mass is 16.6. The number of carbonyl (C=O) groups excluding carboxylic acids is 1. The van der Waals surface area contributed by atoms with Crippen LogP contribution in [0, 0.1) is 0 Å². The smallest absolute Gasteiger partial charge is 0.415 e. The van der Waals surface area contributed by atoms with Crippen molar-refractivity contribution in [3.63, 3.8) is 0 Å². The van der Waals surface area contributed by atoms with E-state index in [2.05, 4.69) is 4.84 Å². The highest BCUT2D eigenvalue weighted by Gasteiger charge is 2.13. The first-order valence-corrected chi connectivity index (χ1v) is 4.12. The minimum Gasteiger partial charge on any atom is -0.464 e. The molecule has 0 aromatic carbocycles. The number of amides is 2. The minimum atomic E-state index is -1.12. The van der Waals surface area contributed by atoms with Crippen molar-refractivity contribution in [2.45, 2.75) is 0 Å². The van der Waals surface area contributed by atoms with Crippen molar-refractivity contribution < 1.29 is 19.5 Å². The van der Waals surface area contributed by atoms with E-state index in [1.54, 1.807) is 6.08 Å². The SMILES string of the molecule is NOCC(=O)N1C=CN(C(=O)O)C=CC1. The molecule has 1 aliphatic rings. The molecule has 0 aliphatic carbocycles. The Kier molecular flexibility index (Phi) is 3.83. The van der Waals surface area contributed by atoms with Crippen molar-refractivity contribution in [1.29, 1.82) is 0 Å². The number of hydrogen-bond donors (Lipinski definition) is 2. The number of rotatable bonds is 2. The second-order valence-corrected chi connectivity index (χ2v) is 2.73. The standard InChI is InChI=1S/C8H11N3O4/c9-15-6-7(12)10-2-1-3-11(5-4-10)8(13)14/h1,3-5H,2,6,9H2,(H,13,14). The Bertz CT molecular complexity index is 313. The largest absolute Gasteiger partial charge is 0.464 e. The van der Waals surface area contributed by atoms with E-state index in [9.17, 15) is 9.59 Å². The summed E-state index contributed by atoms with van der Waals surface area (Å²) in [4.78, 5) is 28.3. The number of hydrogen-bond acceptors (Lipinski definition) is 4. The summed E-state index contributed by atoms with van der Waals surface area (Å²) in [5.74, 6) is 4.41.